The Labute approximate surface area is 117 Å². The number of nitrogens with one attached hydrogen (secondary N) is 1. The van der Waals surface area contributed by atoms with Gasteiger partial charge in [0.25, 0.3) is 0 Å². The molecule has 1 aliphatic heterocycles. The van der Waals surface area contributed by atoms with Crippen molar-refractivity contribution in [2.45, 2.75) is 19.8 Å². The van der Waals surface area contributed by atoms with Crippen LogP contribution in [-0.2, 0) is 0 Å². The van der Waals surface area contributed by atoms with Gasteiger partial charge in [0.1, 0.15) is 0 Å². The minimum Gasteiger partial charge on any atom is -0.361 e. The van der Waals surface area contributed by atoms with Crippen LogP contribution in [0, 0.1) is 22.7 Å². The van der Waals surface area contributed by atoms with Gasteiger partial charge >= 0.3 is 0 Å². The second kappa shape index (κ2) is 5.18. The topological polar surface area (TPSA) is 59.6 Å². The third kappa shape index (κ3) is 2.34. The van der Waals surface area contributed by atoms with Gasteiger partial charge in [0, 0.05) is 16.4 Å². The molecule has 1 aromatic rings. The van der Waals surface area contributed by atoms with Crippen LogP contribution in [-0.4, -0.2) is 0 Å². The molecule has 0 saturated carbocycles. The number of halogens is 1. The maximum absolute atomic E-state index is 9.35. The Morgan fingerprint density at radius 1 is 1.11 bits per heavy atom. The number of allylic oxidation sites excluding steroid dienone is 4. The van der Waals surface area contributed by atoms with E-state index in [0.29, 0.717) is 16.2 Å². The van der Waals surface area contributed by atoms with Gasteiger partial charge in [0.2, 0.25) is 0 Å². The number of rotatable bonds is 1. The maximum atomic E-state index is 9.35. The van der Waals surface area contributed by atoms with Crippen LogP contribution in [0.3, 0.4) is 0 Å². The Balaban J connectivity index is 2.65. The lowest BCUT2D eigenvalue weighted by Crippen LogP contribution is -2.23. The summed E-state index contributed by atoms with van der Waals surface area (Å²) in [4.78, 5) is 0. The molecule has 0 bridgehead atoms. The molecule has 1 N–H and O–H groups in total. The zero-order valence-electron chi connectivity index (χ0n) is 10.7. The lowest BCUT2D eigenvalue weighted by Gasteiger charge is -2.26. The summed E-state index contributed by atoms with van der Waals surface area (Å²) in [6.07, 6.45) is 0. The molecule has 0 atom stereocenters. The largest absolute Gasteiger partial charge is 0.361 e. The van der Waals surface area contributed by atoms with Crippen LogP contribution in [0.5, 0.6) is 0 Å². The van der Waals surface area contributed by atoms with Crippen molar-refractivity contribution in [2.24, 2.45) is 0 Å². The highest BCUT2D eigenvalue weighted by atomic mass is 35.5. The van der Waals surface area contributed by atoms with Crippen molar-refractivity contribution < 1.29 is 0 Å². The van der Waals surface area contributed by atoms with Crippen molar-refractivity contribution >= 4 is 11.6 Å². The molecule has 2 rings (SSSR count). The molecular formula is C15H12ClN3. The number of nitrogens with zero attached hydrogens (tertiary/aromatic N) is 2. The first kappa shape index (κ1) is 13.2. The van der Waals surface area contributed by atoms with Gasteiger partial charge in [-0.1, -0.05) is 23.7 Å². The van der Waals surface area contributed by atoms with Crippen LogP contribution in [0.25, 0.3) is 0 Å². The van der Waals surface area contributed by atoms with Gasteiger partial charge in [-0.15, -0.1) is 0 Å². The van der Waals surface area contributed by atoms with E-state index in [0.717, 1.165) is 17.0 Å². The van der Waals surface area contributed by atoms with E-state index in [1.54, 1.807) is 12.1 Å². The summed E-state index contributed by atoms with van der Waals surface area (Å²) >= 11 is 6.01. The molecule has 0 spiro atoms. The van der Waals surface area contributed by atoms with E-state index in [4.69, 9.17) is 11.6 Å². The predicted octanol–water partition coefficient (Wildman–Crippen LogP) is 3.62. The van der Waals surface area contributed by atoms with Gasteiger partial charge in [0.05, 0.1) is 29.2 Å². The Hall–Kier alpha value is -2.23. The lowest BCUT2D eigenvalue weighted by atomic mass is 9.82. The Morgan fingerprint density at radius 2 is 1.68 bits per heavy atom. The summed E-state index contributed by atoms with van der Waals surface area (Å²) in [5, 5.41) is 22.4. The molecular weight excluding hydrogens is 258 g/mol. The van der Waals surface area contributed by atoms with Gasteiger partial charge in [-0.05, 0) is 31.5 Å². The molecule has 1 aromatic carbocycles. The fraction of sp³-hybridized carbons (Fsp3) is 0.200. The molecule has 0 radical (unpaired) electrons. The first-order valence-electron chi connectivity index (χ1n) is 5.82. The average molecular weight is 270 g/mol. The highest BCUT2D eigenvalue weighted by Crippen LogP contribution is 2.37. The van der Waals surface area contributed by atoms with Crippen LogP contribution < -0.4 is 5.32 Å². The van der Waals surface area contributed by atoms with Gasteiger partial charge in [0.15, 0.2) is 0 Å². The molecule has 1 heterocycles. The van der Waals surface area contributed by atoms with Crippen molar-refractivity contribution in [3.8, 4) is 12.1 Å². The van der Waals surface area contributed by atoms with Gasteiger partial charge in [-0.25, -0.2) is 0 Å². The van der Waals surface area contributed by atoms with Crippen LogP contribution in [0.4, 0.5) is 0 Å². The van der Waals surface area contributed by atoms with E-state index in [9.17, 15) is 10.5 Å². The van der Waals surface area contributed by atoms with Crippen molar-refractivity contribution in [3.63, 3.8) is 0 Å². The number of hydrogen-bond donors (Lipinski definition) is 1. The zero-order chi connectivity index (χ0) is 14.0. The standard InChI is InChI=1S/C15H12ClN3/c1-9-13(7-17)15(14(8-18)10(2)19-9)11-4-3-5-12(16)6-11/h3-6,15,19H,1-2H3. The predicted molar refractivity (Wildman–Crippen MR) is 74.0 cm³/mol. The van der Waals surface area contributed by atoms with Gasteiger partial charge < -0.3 is 5.32 Å². The number of nitriles is 2. The molecule has 94 valence electrons. The second-order valence-corrected chi connectivity index (χ2v) is 4.85. The third-order valence-corrected chi connectivity index (χ3v) is 3.42. The second-order valence-electron chi connectivity index (χ2n) is 4.41. The Morgan fingerprint density at radius 3 is 2.16 bits per heavy atom. The first-order chi connectivity index (χ1) is 9.08. The molecule has 0 unspecified atom stereocenters. The maximum Gasteiger partial charge on any atom is 0.0975 e. The SMILES string of the molecule is CC1=C(C#N)C(c2cccc(Cl)c2)C(C#N)=C(C)N1. The summed E-state index contributed by atoms with van der Waals surface area (Å²) in [7, 11) is 0. The molecule has 0 aliphatic carbocycles. The normalized spacial score (nSPS) is 15.8. The molecule has 1 aliphatic rings. The van der Waals surface area contributed by atoms with Crippen LogP contribution in [0.2, 0.25) is 5.02 Å². The number of benzene rings is 1. The van der Waals surface area contributed by atoms with Gasteiger partial charge in [-0.3, -0.25) is 0 Å². The quantitative estimate of drug-likeness (QED) is 0.847. The molecule has 3 nitrogen and oxygen atoms in total. The molecule has 0 saturated heterocycles. The Bertz CT molecular complexity index is 635. The first-order valence-corrected chi connectivity index (χ1v) is 6.20. The lowest BCUT2D eigenvalue weighted by molar-refractivity contribution is 0.814. The van der Waals surface area contributed by atoms with Crippen LogP contribution in [0.15, 0.2) is 46.8 Å². The van der Waals surface area contributed by atoms with Gasteiger partial charge in [-0.2, -0.15) is 10.5 Å². The highest BCUT2D eigenvalue weighted by molar-refractivity contribution is 6.30. The molecule has 19 heavy (non-hydrogen) atoms. The smallest absolute Gasteiger partial charge is 0.0975 e. The van der Waals surface area contributed by atoms with Crippen molar-refractivity contribution in [2.75, 3.05) is 0 Å². The van der Waals surface area contributed by atoms with E-state index >= 15 is 0 Å². The van der Waals surface area contributed by atoms with E-state index in [1.165, 1.54) is 0 Å². The van der Waals surface area contributed by atoms with E-state index in [2.05, 4.69) is 17.5 Å². The molecule has 0 amide bonds. The molecule has 0 fully saturated rings. The van der Waals surface area contributed by atoms with Crippen molar-refractivity contribution in [1.29, 1.82) is 10.5 Å². The van der Waals surface area contributed by atoms with E-state index in [1.807, 2.05) is 26.0 Å². The monoisotopic (exact) mass is 269 g/mol. The van der Waals surface area contributed by atoms with Crippen molar-refractivity contribution in [1.82, 2.24) is 5.32 Å². The van der Waals surface area contributed by atoms with E-state index in [-0.39, 0.29) is 5.92 Å². The fourth-order valence-corrected chi connectivity index (χ4v) is 2.51. The van der Waals surface area contributed by atoms with Crippen LogP contribution in [0.1, 0.15) is 25.3 Å². The fourth-order valence-electron chi connectivity index (χ4n) is 2.31. The minimum atomic E-state index is -0.338. The molecule has 4 heteroatoms. The summed E-state index contributed by atoms with van der Waals surface area (Å²) in [6.45, 7) is 3.68. The number of dihydropyridines is 1. The third-order valence-electron chi connectivity index (χ3n) is 3.18. The highest BCUT2D eigenvalue weighted by Gasteiger charge is 2.29. The zero-order valence-corrected chi connectivity index (χ0v) is 11.4. The summed E-state index contributed by atoms with van der Waals surface area (Å²) in [5.41, 5.74) is 3.54. The Kier molecular flexibility index (Phi) is 3.60. The minimum absolute atomic E-state index is 0.338. The van der Waals surface area contributed by atoms with Crippen molar-refractivity contribution in [3.05, 3.63) is 57.4 Å². The van der Waals surface area contributed by atoms with E-state index < -0.39 is 0 Å². The number of hydrogen-bond acceptors (Lipinski definition) is 3. The summed E-state index contributed by atoms with van der Waals surface area (Å²) in [6, 6.07) is 11.7. The van der Waals surface area contributed by atoms with Crippen LogP contribution >= 0.6 is 11.6 Å². The summed E-state index contributed by atoms with van der Waals surface area (Å²) < 4.78 is 0. The molecule has 0 aromatic heterocycles. The average Bonchev–Trinajstić information content (AvgIpc) is 2.38. The summed E-state index contributed by atoms with van der Waals surface area (Å²) in [5.74, 6) is -0.338.